The molecule has 0 fully saturated rings. The average molecular weight is 838 g/mol. The molecule has 8 aromatic rings. The number of H-pyrrole nitrogens is 2. The van der Waals surface area contributed by atoms with Gasteiger partial charge in [-0.3, -0.25) is 9.59 Å². The number of thioether (sulfide) groups is 2. The number of rotatable bonds is 7. The minimum absolute atomic E-state index is 0.0507. The normalized spacial score (nSPS) is 10.8. The summed E-state index contributed by atoms with van der Waals surface area (Å²) in [5.41, 5.74) is 12.6. The van der Waals surface area contributed by atoms with E-state index in [4.69, 9.17) is 10.5 Å². The summed E-state index contributed by atoms with van der Waals surface area (Å²) in [5.74, 6) is -0.342. The van der Waals surface area contributed by atoms with E-state index in [9.17, 15) is 14.4 Å². The first-order valence-electron chi connectivity index (χ1n) is 17.4. The summed E-state index contributed by atoms with van der Waals surface area (Å²) in [6, 6.07) is 30.1. The van der Waals surface area contributed by atoms with Crippen LogP contribution in [0, 0.1) is 20.8 Å². The smallest absolute Gasteiger partial charge is 0.341 e. The van der Waals surface area contributed by atoms with Gasteiger partial charge in [-0.25, -0.2) is 14.8 Å². The number of benzene rings is 3. The molecule has 0 radical (unpaired) electrons. The number of carbonyl (C=O) groups is 1. The molecule has 3 aromatic carbocycles. The fourth-order valence-corrected chi connectivity index (χ4v) is 10.3. The number of hydrogen-bond donors (Lipinski definition) is 3. The molecule has 4 N–H and O–H groups in total. The van der Waals surface area contributed by atoms with E-state index in [-0.39, 0.29) is 17.1 Å². The molecule has 56 heavy (non-hydrogen) atoms. The largest absolute Gasteiger partial charge is 0.462 e. The number of nitrogen functional groups attached to an aromatic ring is 1. The van der Waals surface area contributed by atoms with Crippen LogP contribution in [0.4, 0.5) is 5.00 Å². The first-order chi connectivity index (χ1) is 27.1. The van der Waals surface area contributed by atoms with Crippen LogP contribution in [0.3, 0.4) is 0 Å². The zero-order valence-electron chi connectivity index (χ0n) is 31.5. The van der Waals surface area contributed by atoms with Crippen molar-refractivity contribution in [1.29, 1.82) is 0 Å². The number of nitrogens with two attached hydrogens (primary N) is 1. The zero-order chi connectivity index (χ0) is 39.9. The average Bonchev–Trinajstić information content (AvgIpc) is 3.85. The monoisotopic (exact) mass is 837 g/mol. The second-order valence-electron chi connectivity index (χ2n) is 12.2. The maximum atomic E-state index is 12.1. The Morgan fingerprint density at radius 1 is 0.643 bits per heavy atom. The van der Waals surface area contributed by atoms with Gasteiger partial charge in [-0.05, 0) is 73.6 Å². The lowest BCUT2D eigenvalue weighted by Crippen LogP contribution is -2.08. The van der Waals surface area contributed by atoms with Crippen LogP contribution < -0.4 is 16.9 Å². The minimum Gasteiger partial charge on any atom is -0.462 e. The summed E-state index contributed by atoms with van der Waals surface area (Å²) in [7, 11) is 0. The standard InChI is InChI=1S/2C14H12N2OS2.C14H15NO2S/c2*1-8-10-12(17)15-14(18-2)16-13(10)19-11(8)9-6-4-3-5-7-9;1-3-17-14(16)11-9(2)12(18-13(11)15)10-7-5-4-6-8-10/h2*3-7H,1-2H3,(H,15,16,17);4-8H,3,15H2,1-2H3. The molecule has 5 heterocycles. The molecule has 0 unspecified atom stereocenters. The van der Waals surface area contributed by atoms with Gasteiger partial charge in [0.15, 0.2) is 10.3 Å². The van der Waals surface area contributed by atoms with Crippen molar-refractivity contribution in [3.8, 4) is 31.3 Å². The van der Waals surface area contributed by atoms with Crippen molar-refractivity contribution in [3.05, 3.63) is 134 Å². The lowest BCUT2D eigenvalue weighted by Gasteiger charge is -2.03. The maximum absolute atomic E-state index is 12.1. The van der Waals surface area contributed by atoms with Crippen LogP contribution in [0.15, 0.2) is 111 Å². The van der Waals surface area contributed by atoms with Crippen LogP contribution in [0.2, 0.25) is 0 Å². The number of hydrogen-bond acceptors (Lipinski definition) is 12. The van der Waals surface area contributed by atoms with Gasteiger partial charge in [-0.2, -0.15) is 0 Å². The lowest BCUT2D eigenvalue weighted by molar-refractivity contribution is 0.0527. The number of fused-ring (bicyclic) bond motifs is 2. The van der Waals surface area contributed by atoms with E-state index >= 15 is 0 Å². The number of carbonyl (C=O) groups excluding carboxylic acids is 1. The predicted molar refractivity (Wildman–Crippen MR) is 239 cm³/mol. The molecule has 0 spiro atoms. The van der Waals surface area contributed by atoms with Crippen LogP contribution in [-0.2, 0) is 4.74 Å². The van der Waals surface area contributed by atoms with Crippen LogP contribution in [0.1, 0.15) is 34.0 Å². The SMILES string of the molecule is CCOC(=O)c1c(N)sc(-c2ccccc2)c1C.CSc1nc2sc(-c3ccccc3)c(C)c2c(=O)[nH]1.CSc1nc2sc(-c3ccccc3)c(C)c2c(=O)[nH]1. The van der Waals surface area contributed by atoms with Crippen molar-refractivity contribution in [2.45, 2.75) is 38.0 Å². The third-order valence-electron chi connectivity index (χ3n) is 8.71. The van der Waals surface area contributed by atoms with Crippen molar-refractivity contribution in [2.24, 2.45) is 0 Å². The zero-order valence-corrected chi connectivity index (χ0v) is 35.6. The molecule has 8 rings (SSSR count). The fourth-order valence-electron chi connectivity index (χ4n) is 6.03. The predicted octanol–water partition coefficient (Wildman–Crippen LogP) is 10.8. The van der Waals surface area contributed by atoms with Crippen LogP contribution in [-0.4, -0.2) is 45.0 Å². The lowest BCUT2D eigenvalue weighted by atomic mass is 10.1. The Morgan fingerprint density at radius 3 is 1.38 bits per heavy atom. The van der Waals surface area contributed by atoms with E-state index in [2.05, 4.69) is 44.2 Å². The summed E-state index contributed by atoms with van der Waals surface area (Å²) in [4.78, 5) is 55.5. The number of aryl methyl sites for hydroxylation is 2. The second-order valence-corrected chi connectivity index (χ2v) is 16.9. The fraction of sp³-hybridized carbons (Fsp3) is 0.167. The number of anilines is 1. The highest BCUT2D eigenvalue weighted by atomic mass is 32.2. The summed E-state index contributed by atoms with van der Waals surface area (Å²) < 4.78 is 5.03. The van der Waals surface area contributed by atoms with Gasteiger partial charge in [0, 0.05) is 14.6 Å². The number of nitrogens with one attached hydrogen (secondary N) is 2. The molecule has 0 saturated heterocycles. The van der Waals surface area contributed by atoms with Gasteiger partial charge in [-0.1, -0.05) is 115 Å². The Hall–Kier alpha value is -4.99. The maximum Gasteiger partial charge on any atom is 0.341 e. The van der Waals surface area contributed by atoms with Crippen LogP contribution in [0.25, 0.3) is 51.8 Å². The molecule has 0 aliphatic carbocycles. The topological polar surface area (TPSA) is 144 Å². The molecule has 0 aliphatic rings. The number of nitrogens with zero attached hydrogens (tertiary/aromatic N) is 2. The van der Waals surface area contributed by atoms with Crippen molar-refractivity contribution in [3.63, 3.8) is 0 Å². The highest BCUT2D eigenvalue weighted by molar-refractivity contribution is 7.98. The van der Waals surface area contributed by atoms with Gasteiger partial charge >= 0.3 is 5.97 Å². The third-order valence-corrected chi connectivity index (χ3v) is 13.5. The molecule has 5 aromatic heterocycles. The van der Waals surface area contributed by atoms with Crippen molar-refractivity contribution in [2.75, 3.05) is 24.9 Å². The Bertz CT molecular complexity index is 2600. The summed E-state index contributed by atoms with van der Waals surface area (Å²) in [6.45, 7) is 8.01. The Morgan fingerprint density at radius 2 is 1.02 bits per heavy atom. The van der Waals surface area contributed by atoms with E-state index in [1.54, 1.807) is 29.6 Å². The number of aromatic nitrogens is 4. The highest BCUT2D eigenvalue weighted by Crippen LogP contribution is 2.39. The number of thiophene rings is 3. The van der Waals surface area contributed by atoms with Crippen molar-refractivity contribution < 1.29 is 9.53 Å². The minimum atomic E-state index is -0.342. The highest BCUT2D eigenvalue weighted by Gasteiger charge is 2.21. The first kappa shape index (κ1) is 40.7. The molecule has 0 amide bonds. The van der Waals surface area contributed by atoms with E-state index in [0.29, 0.717) is 38.3 Å². The first-order valence-corrected chi connectivity index (χ1v) is 22.3. The molecule has 0 bridgehead atoms. The molecule has 9 nitrogen and oxygen atoms in total. The van der Waals surface area contributed by atoms with Gasteiger partial charge in [0.05, 0.1) is 22.9 Å². The molecule has 286 valence electrons. The number of ether oxygens (including phenoxy) is 1. The molecule has 14 heteroatoms. The van der Waals surface area contributed by atoms with Crippen LogP contribution in [0.5, 0.6) is 0 Å². The van der Waals surface area contributed by atoms with Gasteiger partial charge in [0.1, 0.15) is 14.7 Å². The summed E-state index contributed by atoms with van der Waals surface area (Å²) in [6.07, 6.45) is 3.81. The summed E-state index contributed by atoms with van der Waals surface area (Å²) in [5, 5.41) is 3.27. The second kappa shape index (κ2) is 18.3. The van der Waals surface area contributed by atoms with Gasteiger partial charge in [0.25, 0.3) is 11.1 Å². The van der Waals surface area contributed by atoms with Gasteiger partial charge in [0.2, 0.25) is 0 Å². The van der Waals surface area contributed by atoms with E-state index in [1.165, 1.54) is 34.9 Å². The Labute approximate surface area is 344 Å². The Kier molecular flexibility index (Phi) is 13.3. The Balaban J connectivity index is 0.000000142. The van der Waals surface area contributed by atoms with Crippen molar-refractivity contribution >= 4 is 88.9 Å². The van der Waals surface area contributed by atoms with E-state index in [1.807, 2.05) is 100 Å². The molecule has 0 atom stereocenters. The molecular weight excluding hydrogens is 799 g/mol. The van der Waals surface area contributed by atoms with Crippen molar-refractivity contribution in [1.82, 2.24) is 19.9 Å². The molecule has 0 saturated carbocycles. The molecular formula is C42H39N5O4S5. The van der Waals surface area contributed by atoms with Gasteiger partial charge < -0.3 is 20.4 Å². The number of aromatic amines is 2. The van der Waals surface area contributed by atoms with E-state index in [0.717, 1.165) is 57.7 Å². The van der Waals surface area contributed by atoms with E-state index < -0.39 is 0 Å². The third kappa shape index (κ3) is 8.69. The summed E-state index contributed by atoms with van der Waals surface area (Å²) >= 11 is 7.48. The van der Waals surface area contributed by atoms with Gasteiger partial charge in [-0.15, -0.1) is 34.0 Å². The number of esters is 1. The quantitative estimate of drug-likeness (QED) is 0.0812. The van der Waals surface area contributed by atoms with Crippen LogP contribution >= 0.6 is 57.5 Å². The molecule has 0 aliphatic heterocycles.